The van der Waals surface area contributed by atoms with Gasteiger partial charge in [0.05, 0.1) is 0 Å². The van der Waals surface area contributed by atoms with Gasteiger partial charge in [-0.25, -0.2) is 9.97 Å². The summed E-state index contributed by atoms with van der Waals surface area (Å²) in [5, 5.41) is 13.1. The molecule has 1 aromatic heterocycles. The summed E-state index contributed by atoms with van der Waals surface area (Å²) in [4.78, 5) is 8.70. The lowest BCUT2D eigenvalue weighted by Gasteiger charge is -2.07. The predicted molar refractivity (Wildman–Crippen MR) is 70.1 cm³/mol. The summed E-state index contributed by atoms with van der Waals surface area (Å²) in [6, 6.07) is 6.88. The molecule has 5 nitrogen and oxygen atoms in total. The number of nitrogens with two attached hydrogens (primary N) is 1. The van der Waals surface area contributed by atoms with Gasteiger partial charge in [-0.3, -0.25) is 0 Å². The molecule has 1 aromatic carbocycles. The van der Waals surface area contributed by atoms with Crippen molar-refractivity contribution >= 4 is 29.2 Å². The first-order valence-corrected chi connectivity index (χ1v) is 6.11. The van der Waals surface area contributed by atoms with Gasteiger partial charge in [-0.05, 0) is 24.3 Å². The van der Waals surface area contributed by atoms with Crippen molar-refractivity contribution < 1.29 is 5.21 Å². The van der Waals surface area contributed by atoms with Crippen molar-refractivity contribution in [2.75, 3.05) is 0 Å². The fraction of sp³-hybridized carbons (Fsp3) is 0. The van der Waals surface area contributed by atoms with E-state index in [9.17, 15) is 0 Å². The number of rotatable bonds is 3. The van der Waals surface area contributed by atoms with Crippen LogP contribution in [0.3, 0.4) is 0 Å². The molecule has 18 heavy (non-hydrogen) atoms. The van der Waals surface area contributed by atoms with Crippen LogP contribution in [0, 0.1) is 0 Å². The molecule has 0 unspecified atom stereocenters. The minimum Gasteiger partial charge on any atom is -0.409 e. The van der Waals surface area contributed by atoms with Crippen molar-refractivity contribution in [3.8, 4) is 0 Å². The molecule has 1 heterocycles. The van der Waals surface area contributed by atoms with E-state index in [0.29, 0.717) is 10.6 Å². The van der Waals surface area contributed by atoms with E-state index in [1.165, 1.54) is 18.1 Å². The summed E-state index contributed by atoms with van der Waals surface area (Å²) in [6.45, 7) is 0. The van der Waals surface area contributed by atoms with E-state index >= 15 is 0 Å². The molecular formula is C11H9ClN4OS. The van der Waals surface area contributed by atoms with E-state index in [1.807, 2.05) is 0 Å². The standard InChI is InChI=1S/C11H9ClN4OS/c12-7-1-2-8(11(13)16-17)9(5-7)18-10-3-4-14-6-15-10/h1-6,17H,(H2,13,16). The second-order valence-corrected chi connectivity index (χ2v) is 4.77. The van der Waals surface area contributed by atoms with Crippen LogP contribution in [0.2, 0.25) is 5.02 Å². The Morgan fingerprint density at radius 2 is 2.22 bits per heavy atom. The van der Waals surface area contributed by atoms with E-state index in [4.69, 9.17) is 22.5 Å². The first-order chi connectivity index (χ1) is 8.70. The Labute approximate surface area is 113 Å². The average Bonchev–Trinajstić information content (AvgIpc) is 2.39. The van der Waals surface area contributed by atoms with Gasteiger partial charge in [0, 0.05) is 21.7 Å². The van der Waals surface area contributed by atoms with Crippen LogP contribution in [0.1, 0.15) is 5.56 Å². The molecule has 2 aromatic rings. The monoisotopic (exact) mass is 280 g/mol. The maximum atomic E-state index is 8.74. The van der Waals surface area contributed by atoms with Crippen molar-refractivity contribution in [2.45, 2.75) is 9.92 Å². The molecule has 0 aliphatic heterocycles. The topological polar surface area (TPSA) is 84.4 Å². The maximum Gasteiger partial charge on any atom is 0.171 e. The third-order valence-corrected chi connectivity index (χ3v) is 3.34. The first kappa shape index (κ1) is 12.7. The van der Waals surface area contributed by atoms with Crippen molar-refractivity contribution in [3.63, 3.8) is 0 Å². The second kappa shape index (κ2) is 5.70. The van der Waals surface area contributed by atoms with Gasteiger partial charge >= 0.3 is 0 Å². The normalized spacial score (nSPS) is 11.5. The Morgan fingerprint density at radius 3 is 2.89 bits per heavy atom. The third kappa shape index (κ3) is 2.91. The molecule has 0 bridgehead atoms. The number of hydrogen-bond donors (Lipinski definition) is 2. The SMILES string of the molecule is NC(=NO)c1ccc(Cl)cc1Sc1ccncn1. The van der Waals surface area contributed by atoms with Gasteiger partial charge in [-0.15, -0.1) is 0 Å². The Morgan fingerprint density at radius 1 is 1.39 bits per heavy atom. The number of oxime groups is 1. The largest absolute Gasteiger partial charge is 0.409 e. The van der Waals surface area contributed by atoms with Gasteiger partial charge in [-0.1, -0.05) is 28.5 Å². The van der Waals surface area contributed by atoms with E-state index in [2.05, 4.69) is 15.1 Å². The molecule has 0 atom stereocenters. The second-order valence-electron chi connectivity index (χ2n) is 3.28. The molecule has 7 heteroatoms. The molecule has 0 aliphatic rings. The Bertz CT molecular complexity index is 577. The van der Waals surface area contributed by atoms with Gasteiger partial charge < -0.3 is 10.9 Å². The highest BCUT2D eigenvalue weighted by molar-refractivity contribution is 7.99. The quantitative estimate of drug-likeness (QED) is 0.296. The molecule has 92 valence electrons. The van der Waals surface area contributed by atoms with Gasteiger partial charge in [0.15, 0.2) is 5.84 Å². The molecule has 0 aliphatic carbocycles. The number of benzene rings is 1. The molecule has 2 rings (SSSR count). The fourth-order valence-electron chi connectivity index (χ4n) is 1.30. The smallest absolute Gasteiger partial charge is 0.171 e. The highest BCUT2D eigenvalue weighted by atomic mass is 35.5. The van der Waals surface area contributed by atoms with Crippen LogP contribution >= 0.6 is 23.4 Å². The zero-order valence-electron chi connectivity index (χ0n) is 9.12. The predicted octanol–water partition coefficient (Wildman–Crippen LogP) is 2.38. The Hall–Kier alpha value is -1.79. The van der Waals surface area contributed by atoms with E-state index < -0.39 is 0 Å². The first-order valence-electron chi connectivity index (χ1n) is 4.92. The number of aromatic nitrogens is 2. The van der Waals surface area contributed by atoms with Crippen LogP contribution in [-0.4, -0.2) is 21.0 Å². The zero-order valence-corrected chi connectivity index (χ0v) is 10.7. The highest BCUT2D eigenvalue weighted by Crippen LogP contribution is 2.30. The molecule has 0 saturated carbocycles. The van der Waals surface area contributed by atoms with Gasteiger partial charge in [-0.2, -0.15) is 0 Å². The van der Waals surface area contributed by atoms with Crippen LogP contribution in [0.4, 0.5) is 0 Å². The van der Waals surface area contributed by atoms with E-state index in [0.717, 1.165) is 9.92 Å². The summed E-state index contributed by atoms with van der Waals surface area (Å²) in [5.41, 5.74) is 6.21. The van der Waals surface area contributed by atoms with Crippen LogP contribution in [0.25, 0.3) is 0 Å². The molecular weight excluding hydrogens is 272 g/mol. The molecule has 0 spiro atoms. The summed E-state index contributed by atoms with van der Waals surface area (Å²) in [5.74, 6) is 0.0308. The van der Waals surface area contributed by atoms with Crippen molar-refractivity contribution in [1.29, 1.82) is 0 Å². The Balaban J connectivity index is 2.40. The van der Waals surface area contributed by atoms with Crippen LogP contribution in [-0.2, 0) is 0 Å². The van der Waals surface area contributed by atoms with E-state index in [-0.39, 0.29) is 5.84 Å². The third-order valence-electron chi connectivity index (χ3n) is 2.10. The number of nitrogens with zero attached hydrogens (tertiary/aromatic N) is 3. The summed E-state index contributed by atoms with van der Waals surface area (Å²) < 4.78 is 0. The average molecular weight is 281 g/mol. The fourth-order valence-corrected chi connectivity index (χ4v) is 2.46. The lowest BCUT2D eigenvalue weighted by atomic mass is 10.2. The highest BCUT2D eigenvalue weighted by Gasteiger charge is 2.10. The molecule has 0 fully saturated rings. The lowest BCUT2D eigenvalue weighted by Crippen LogP contribution is -2.14. The number of amidine groups is 1. The van der Waals surface area contributed by atoms with Crippen molar-refractivity contribution in [3.05, 3.63) is 47.4 Å². The van der Waals surface area contributed by atoms with Gasteiger partial charge in [0.2, 0.25) is 0 Å². The summed E-state index contributed by atoms with van der Waals surface area (Å²) >= 11 is 7.31. The summed E-state index contributed by atoms with van der Waals surface area (Å²) in [7, 11) is 0. The van der Waals surface area contributed by atoms with Gasteiger partial charge in [0.1, 0.15) is 11.4 Å². The minimum atomic E-state index is 0.0308. The van der Waals surface area contributed by atoms with Crippen LogP contribution < -0.4 is 5.73 Å². The zero-order chi connectivity index (χ0) is 13.0. The minimum absolute atomic E-state index is 0.0308. The molecule has 0 amide bonds. The molecule has 0 saturated heterocycles. The van der Waals surface area contributed by atoms with Crippen molar-refractivity contribution in [2.24, 2.45) is 10.9 Å². The molecule has 0 radical (unpaired) electrons. The summed E-state index contributed by atoms with van der Waals surface area (Å²) in [6.07, 6.45) is 3.10. The molecule has 3 N–H and O–H groups in total. The maximum absolute atomic E-state index is 8.74. The van der Waals surface area contributed by atoms with Crippen LogP contribution in [0.5, 0.6) is 0 Å². The Kier molecular flexibility index (Phi) is 4.01. The number of halogens is 1. The van der Waals surface area contributed by atoms with Crippen molar-refractivity contribution in [1.82, 2.24) is 9.97 Å². The van der Waals surface area contributed by atoms with Crippen LogP contribution in [0.15, 0.2) is 51.9 Å². The van der Waals surface area contributed by atoms with Gasteiger partial charge in [0.25, 0.3) is 0 Å². The lowest BCUT2D eigenvalue weighted by molar-refractivity contribution is 0.318. The van der Waals surface area contributed by atoms with E-state index in [1.54, 1.807) is 30.5 Å². The number of hydrogen-bond acceptors (Lipinski definition) is 5.